The van der Waals surface area contributed by atoms with Crippen molar-refractivity contribution in [2.24, 2.45) is 0 Å². The fourth-order valence-electron chi connectivity index (χ4n) is 3.42. The molecule has 4 nitrogen and oxygen atoms in total. The molecule has 1 aromatic heterocycles. The second-order valence-corrected chi connectivity index (χ2v) is 7.01. The number of hydrogen-bond donors (Lipinski definition) is 1. The van der Waals surface area contributed by atoms with E-state index in [1.807, 2.05) is 30.0 Å². The van der Waals surface area contributed by atoms with Gasteiger partial charge in [0.15, 0.2) is 11.6 Å². The van der Waals surface area contributed by atoms with Crippen LogP contribution in [0.3, 0.4) is 0 Å². The van der Waals surface area contributed by atoms with E-state index in [2.05, 4.69) is 9.97 Å². The van der Waals surface area contributed by atoms with Gasteiger partial charge in [0.1, 0.15) is 24.7 Å². The minimum atomic E-state index is -1.14. The van der Waals surface area contributed by atoms with Gasteiger partial charge in [-0.3, -0.25) is 4.90 Å². The molecule has 142 valence electrons. The van der Waals surface area contributed by atoms with Crippen molar-refractivity contribution in [3.05, 3.63) is 65.0 Å². The van der Waals surface area contributed by atoms with Crippen LogP contribution in [0.1, 0.15) is 17.0 Å². The zero-order valence-electron chi connectivity index (χ0n) is 14.9. The van der Waals surface area contributed by atoms with E-state index in [1.54, 1.807) is 0 Å². The zero-order chi connectivity index (χ0) is 19.0. The molecule has 2 atom stereocenters. The van der Waals surface area contributed by atoms with E-state index in [0.717, 1.165) is 28.7 Å². The van der Waals surface area contributed by atoms with Crippen LogP contribution in [0.5, 0.6) is 0 Å². The standard InChI is InChI=1S/C20H20F3N3O/c1-12-2-5-17-18(6-12)25-20(24-17)11-27-19-10-26(9-16(19)23)8-13-3-4-14(21)15(22)7-13/h2-7,16,19H,8-11H2,1H3,(H,24,25)/t16-,19+/m1/s1. The highest BCUT2D eigenvalue weighted by molar-refractivity contribution is 5.75. The Balaban J connectivity index is 1.35. The molecule has 0 amide bonds. The molecule has 3 aromatic rings. The van der Waals surface area contributed by atoms with Crippen molar-refractivity contribution < 1.29 is 17.9 Å². The summed E-state index contributed by atoms with van der Waals surface area (Å²) in [4.78, 5) is 9.48. The Morgan fingerprint density at radius 2 is 2.00 bits per heavy atom. The second kappa shape index (κ2) is 7.32. The van der Waals surface area contributed by atoms with Gasteiger partial charge in [0.05, 0.1) is 11.0 Å². The maximum absolute atomic E-state index is 14.3. The van der Waals surface area contributed by atoms with E-state index < -0.39 is 23.9 Å². The van der Waals surface area contributed by atoms with Crippen molar-refractivity contribution in [2.75, 3.05) is 13.1 Å². The molecular formula is C20H20F3N3O. The van der Waals surface area contributed by atoms with Crippen molar-refractivity contribution >= 4 is 11.0 Å². The minimum absolute atomic E-state index is 0.192. The summed E-state index contributed by atoms with van der Waals surface area (Å²) in [6.07, 6.45) is -1.72. The third-order valence-electron chi connectivity index (χ3n) is 4.78. The number of imidazole rings is 1. The monoisotopic (exact) mass is 375 g/mol. The molecule has 1 fully saturated rings. The smallest absolute Gasteiger partial charge is 0.159 e. The molecule has 1 aliphatic rings. The van der Waals surface area contributed by atoms with E-state index in [9.17, 15) is 13.2 Å². The Bertz CT molecular complexity index is 959. The van der Waals surface area contributed by atoms with Crippen LogP contribution in [0.4, 0.5) is 13.2 Å². The van der Waals surface area contributed by atoms with Gasteiger partial charge in [0.25, 0.3) is 0 Å². The van der Waals surface area contributed by atoms with Gasteiger partial charge in [-0.1, -0.05) is 12.1 Å². The molecular weight excluding hydrogens is 355 g/mol. The molecule has 0 unspecified atom stereocenters. The minimum Gasteiger partial charge on any atom is -0.366 e. The first-order valence-corrected chi connectivity index (χ1v) is 8.85. The van der Waals surface area contributed by atoms with Crippen LogP contribution in [0.25, 0.3) is 11.0 Å². The number of ether oxygens (including phenoxy) is 1. The Labute approximate surface area is 155 Å². The van der Waals surface area contributed by atoms with Gasteiger partial charge in [-0.05, 0) is 42.3 Å². The number of nitrogens with zero attached hydrogens (tertiary/aromatic N) is 2. The van der Waals surface area contributed by atoms with Crippen molar-refractivity contribution in [3.8, 4) is 0 Å². The first kappa shape index (κ1) is 18.0. The maximum atomic E-state index is 14.3. The maximum Gasteiger partial charge on any atom is 0.159 e. The number of aromatic amines is 1. The van der Waals surface area contributed by atoms with Crippen LogP contribution in [0, 0.1) is 18.6 Å². The number of H-pyrrole nitrogens is 1. The number of nitrogens with one attached hydrogen (secondary N) is 1. The number of fused-ring (bicyclic) bond motifs is 1. The van der Waals surface area contributed by atoms with Gasteiger partial charge >= 0.3 is 0 Å². The number of aryl methyl sites for hydroxylation is 1. The highest BCUT2D eigenvalue weighted by Gasteiger charge is 2.33. The summed E-state index contributed by atoms with van der Waals surface area (Å²) in [5.74, 6) is -1.12. The van der Waals surface area contributed by atoms with Crippen LogP contribution < -0.4 is 0 Å². The number of aromatic nitrogens is 2. The highest BCUT2D eigenvalue weighted by Crippen LogP contribution is 2.21. The van der Waals surface area contributed by atoms with E-state index in [1.165, 1.54) is 6.07 Å². The number of rotatable bonds is 5. The normalized spacial score (nSPS) is 20.6. The van der Waals surface area contributed by atoms with Crippen molar-refractivity contribution in [1.29, 1.82) is 0 Å². The predicted molar refractivity (Wildman–Crippen MR) is 95.9 cm³/mol. The largest absolute Gasteiger partial charge is 0.366 e. The number of hydrogen-bond acceptors (Lipinski definition) is 3. The molecule has 1 aliphatic heterocycles. The third kappa shape index (κ3) is 3.99. The van der Waals surface area contributed by atoms with E-state index >= 15 is 0 Å². The Kier molecular flexibility index (Phi) is 4.88. The molecule has 0 saturated carbocycles. The number of alkyl halides is 1. The second-order valence-electron chi connectivity index (χ2n) is 7.01. The van der Waals surface area contributed by atoms with Crippen molar-refractivity contribution in [3.63, 3.8) is 0 Å². The van der Waals surface area contributed by atoms with Gasteiger partial charge in [0.2, 0.25) is 0 Å². The lowest BCUT2D eigenvalue weighted by Crippen LogP contribution is -2.24. The van der Waals surface area contributed by atoms with Crippen LogP contribution >= 0.6 is 0 Å². The average molecular weight is 375 g/mol. The lowest BCUT2D eigenvalue weighted by atomic mass is 10.2. The van der Waals surface area contributed by atoms with Crippen LogP contribution in [-0.4, -0.2) is 40.2 Å². The van der Waals surface area contributed by atoms with Gasteiger partial charge in [-0.25, -0.2) is 18.2 Å². The van der Waals surface area contributed by atoms with E-state index in [4.69, 9.17) is 4.74 Å². The van der Waals surface area contributed by atoms with Gasteiger partial charge in [-0.2, -0.15) is 0 Å². The number of likely N-dealkylation sites (tertiary alicyclic amines) is 1. The Morgan fingerprint density at radius 1 is 1.15 bits per heavy atom. The van der Waals surface area contributed by atoms with Crippen LogP contribution in [0.15, 0.2) is 36.4 Å². The molecule has 2 heterocycles. The van der Waals surface area contributed by atoms with Gasteiger partial charge in [0, 0.05) is 19.6 Å². The Hall–Kier alpha value is -2.38. The lowest BCUT2D eigenvalue weighted by Gasteiger charge is -2.15. The highest BCUT2D eigenvalue weighted by atomic mass is 19.2. The summed E-state index contributed by atoms with van der Waals surface area (Å²) in [7, 11) is 0. The quantitative estimate of drug-likeness (QED) is 0.736. The summed E-state index contributed by atoms with van der Waals surface area (Å²) in [5, 5.41) is 0. The Morgan fingerprint density at radius 3 is 2.81 bits per heavy atom. The first-order valence-electron chi connectivity index (χ1n) is 8.85. The molecule has 1 saturated heterocycles. The molecule has 4 rings (SSSR count). The summed E-state index contributed by atoms with van der Waals surface area (Å²) in [5.41, 5.74) is 3.51. The summed E-state index contributed by atoms with van der Waals surface area (Å²) in [6.45, 7) is 3.13. The molecule has 27 heavy (non-hydrogen) atoms. The first-order chi connectivity index (χ1) is 13.0. The van der Waals surface area contributed by atoms with Crippen LogP contribution in [-0.2, 0) is 17.9 Å². The molecule has 0 radical (unpaired) electrons. The van der Waals surface area contributed by atoms with E-state index in [-0.39, 0.29) is 13.2 Å². The van der Waals surface area contributed by atoms with Crippen LogP contribution in [0.2, 0.25) is 0 Å². The molecule has 0 aliphatic carbocycles. The van der Waals surface area contributed by atoms with Crippen molar-refractivity contribution in [2.45, 2.75) is 32.4 Å². The fraction of sp³-hybridized carbons (Fsp3) is 0.350. The molecule has 0 spiro atoms. The third-order valence-corrected chi connectivity index (χ3v) is 4.78. The number of benzene rings is 2. The summed E-state index contributed by atoms with van der Waals surface area (Å²) in [6, 6.07) is 9.66. The van der Waals surface area contributed by atoms with Gasteiger partial charge < -0.3 is 9.72 Å². The molecule has 0 bridgehead atoms. The topological polar surface area (TPSA) is 41.1 Å². The van der Waals surface area contributed by atoms with Crippen molar-refractivity contribution in [1.82, 2.24) is 14.9 Å². The summed E-state index contributed by atoms with van der Waals surface area (Å²) < 4.78 is 46.4. The summed E-state index contributed by atoms with van der Waals surface area (Å²) >= 11 is 0. The zero-order valence-corrected chi connectivity index (χ0v) is 14.9. The molecule has 1 N–H and O–H groups in total. The lowest BCUT2D eigenvalue weighted by molar-refractivity contribution is 0.00863. The predicted octanol–water partition coefficient (Wildman–Crippen LogP) is 3.89. The SMILES string of the molecule is Cc1ccc2nc(CO[C@H]3CN(Cc4ccc(F)c(F)c4)C[C@H]3F)[nH]c2c1. The molecule has 2 aromatic carbocycles. The molecule has 7 heteroatoms. The fourth-order valence-corrected chi connectivity index (χ4v) is 3.42. The average Bonchev–Trinajstić information content (AvgIpc) is 3.18. The van der Waals surface area contributed by atoms with E-state index in [0.29, 0.717) is 24.5 Å². The van der Waals surface area contributed by atoms with Gasteiger partial charge in [-0.15, -0.1) is 0 Å². The number of halogens is 3.